The van der Waals surface area contributed by atoms with Gasteiger partial charge in [0.15, 0.2) is 5.60 Å². The van der Waals surface area contributed by atoms with Crippen molar-refractivity contribution in [3.05, 3.63) is 34.9 Å². The van der Waals surface area contributed by atoms with Gasteiger partial charge in [0, 0.05) is 6.42 Å². The third-order valence-electron chi connectivity index (χ3n) is 3.05. The Morgan fingerprint density at radius 3 is 2.80 bits per heavy atom. The van der Waals surface area contributed by atoms with Gasteiger partial charge in [-0.25, -0.2) is 4.79 Å². The topological polar surface area (TPSA) is 57.5 Å². The zero-order valence-electron chi connectivity index (χ0n) is 8.66. The number of fused-ring (bicyclic) bond motifs is 1. The molecule has 1 aromatic carbocycles. The van der Waals surface area contributed by atoms with Gasteiger partial charge in [0.1, 0.15) is 0 Å². The molecule has 1 aromatic rings. The second-order valence-electron chi connectivity index (χ2n) is 4.29. The Bertz CT molecular complexity index is 411. The van der Waals surface area contributed by atoms with Gasteiger partial charge in [-0.3, -0.25) is 0 Å². The molecule has 1 aliphatic carbocycles. The van der Waals surface area contributed by atoms with Crippen LogP contribution >= 0.6 is 0 Å². The fraction of sp³-hybridized carbons (Fsp3) is 0.417. The minimum atomic E-state index is -1.57. The van der Waals surface area contributed by atoms with Gasteiger partial charge in [-0.1, -0.05) is 23.8 Å². The van der Waals surface area contributed by atoms with Gasteiger partial charge >= 0.3 is 5.97 Å². The summed E-state index contributed by atoms with van der Waals surface area (Å²) in [6, 6.07) is 6.00. The van der Waals surface area contributed by atoms with E-state index in [0.717, 1.165) is 16.7 Å². The van der Waals surface area contributed by atoms with E-state index < -0.39 is 11.6 Å². The maximum absolute atomic E-state index is 10.9. The summed E-state index contributed by atoms with van der Waals surface area (Å²) in [5, 5.41) is 18.8. The van der Waals surface area contributed by atoms with Gasteiger partial charge in [-0.05, 0) is 30.9 Å². The first-order chi connectivity index (χ1) is 7.01. The monoisotopic (exact) mass is 206 g/mol. The molecule has 1 atom stereocenters. The van der Waals surface area contributed by atoms with E-state index in [4.69, 9.17) is 5.11 Å². The Morgan fingerprint density at radius 2 is 2.13 bits per heavy atom. The van der Waals surface area contributed by atoms with E-state index in [9.17, 15) is 9.90 Å². The molecular weight excluding hydrogens is 192 g/mol. The minimum Gasteiger partial charge on any atom is -0.479 e. The third-order valence-corrected chi connectivity index (χ3v) is 3.05. The average Bonchev–Trinajstić information content (AvgIpc) is 2.16. The molecule has 0 heterocycles. The lowest BCUT2D eigenvalue weighted by Gasteiger charge is -2.29. The highest BCUT2D eigenvalue weighted by molar-refractivity contribution is 5.78. The summed E-state index contributed by atoms with van der Waals surface area (Å²) in [7, 11) is 0. The first-order valence-electron chi connectivity index (χ1n) is 5.05. The molecule has 0 saturated carbocycles. The Balaban J connectivity index is 2.37. The largest absolute Gasteiger partial charge is 0.479 e. The van der Waals surface area contributed by atoms with Gasteiger partial charge in [-0.2, -0.15) is 0 Å². The highest BCUT2D eigenvalue weighted by Crippen LogP contribution is 2.29. The average molecular weight is 206 g/mol. The predicted molar refractivity (Wildman–Crippen MR) is 55.8 cm³/mol. The van der Waals surface area contributed by atoms with E-state index in [-0.39, 0.29) is 6.42 Å². The number of aliphatic carboxylic acids is 1. The maximum Gasteiger partial charge on any atom is 0.336 e. The summed E-state index contributed by atoms with van der Waals surface area (Å²) in [6.07, 6.45) is 1.16. The number of hydrogen-bond acceptors (Lipinski definition) is 2. The Kier molecular flexibility index (Phi) is 2.27. The second kappa shape index (κ2) is 3.35. The lowest BCUT2D eigenvalue weighted by atomic mass is 9.80. The molecule has 3 nitrogen and oxygen atoms in total. The van der Waals surface area contributed by atoms with Gasteiger partial charge in [0.25, 0.3) is 0 Å². The quantitative estimate of drug-likeness (QED) is 0.728. The molecule has 0 spiro atoms. The lowest BCUT2D eigenvalue weighted by molar-refractivity contribution is -0.159. The highest BCUT2D eigenvalue weighted by Gasteiger charge is 2.39. The number of carboxylic acid groups (broad SMARTS) is 1. The number of hydrogen-bond donors (Lipinski definition) is 2. The van der Waals surface area contributed by atoms with E-state index in [1.165, 1.54) is 0 Å². The standard InChI is InChI=1S/C12H14O3/c1-8-2-3-9-4-5-12(15,11(13)14)7-10(9)6-8/h2-3,6,15H,4-5,7H2,1H3,(H,13,14). The van der Waals surface area contributed by atoms with E-state index in [1.54, 1.807) is 0 Å². The fourth-order valence-corrected chi connectivity index (χ4v) is 2.09. The predicted octanol–water partition coefficient (Wildman–Crippen LogP) is 1.30. The molecule has 2 N–H and O–H groups in total. The van der Waals surface area contributed by atoms with Crippen molar-refractivity contribution in [1.82, 2.24) is 0 Å². The van der Waals surface area contributed by atoms with Crippen molar-refractivity contribution in [3.8, 4) is 0 Å². The van der Waals surface area contributed by atoms with E-state index in [1.807, 2.05) is 25.1 Å². The number of aliphatic hydroxyl groups is 1. The molecule has 1 aliphatic rings. The molecule has 0 aliphatic heterocycles. The highest BCUT2D eigenvalue weighted by atomic mass is 16.4. The van der Waals surface area contributed by atoms with Gasteiger partial charge in [-0.15, -0.1) is 0 Å². The van der Waals surface area contributed by atoms with Crippen LogP contribution in [-0.2, 0) is 17.6 Å². The summed E-state index contributed by atoms with van der Waals surface area (Å²) < 4.78 is 0. The Morgan fingerprint density at radius 1 is 1.40 bits per heavy atom. The first-order valence-corrected chi connectivity index (χ1v) is 5.05. The number of aryl methyl sites for hydroxylation is 2. The van der Waals surface area contributed by atoms with E-state index in [0.29, 0.717) is 12.8 Å². The van der Waals surface area contributed by atoms with Crippen LogP contribution < -0.4 is 0 Å². The van der Waals surface area contributed by atoms with Gasteiger partial charge in [0.2, 0.25) is 0 Å². The van der Waals surface area contributed by atoms with Crippen LogP contribution in [0.1, 0.15) is 23.1 Å². The van der Waals surface area contributed by atoms with Crippen molar-refractivity contribution < 1.29 is 15.0 Å². The fourth-order valence-electron chi connectivity index (χ4n) is 2.09. The zero-order valence-corrected chi connectivity index (χ0v) is 8.66. The van der Waals surface area contributed by atoms with Crippen LogP contribution in [0.15, 0.2) is 18.2 Å². The Labute approximate surface area is 88.4 Å². The smallest absolute Gasteiger partial charge is 0.336 e. The summed E-state index contributed by atoms with van der Waals surface area (Å²) in [4.78, 5) is 10.9. The SMILES string of the molecule is Cc1ccc2c(c1)CC(O)(C(=O)O)CC2. The van der Waals surface area contributed by atoms with Crippen LogP contribution in [0.5, 0.6) is 0 Å². The van der Waals surface area contributed by atoms with Crippen molar-refractivity contribution in [3.63, 3.8) is 0 Å². The number of rotatable bonds is 1. The van der Waals surface area contributed by atoms with Crippen LogP contribution in [-0.4, -0.2) is 21.8 Å². The molecule has 0 radical (unpaired) electrons. The number of benzene rings is 1. The van der Waals surface area contributed by atoms with Crippen LogP contribution in [0.2, 0.25) is 0 Å². The summed E-state index contributed by atoms with van der Waals surface area (Å²) in [5.41, 5.74) is 1.65. The molecule has 0 fully saturated rings. The molecule has 2 rings (SSSR count). The normalized spacial score (nSPS) is 24.7. The van der Waals surface area contributed by atoms with Crippen LogP contribution in [0.4, 0.5) is 0 Å². The maximum atomic E-state index is 10.9. The van der Waals surface area contributed by atoms with Gasteiger partial charge < -0.3 is 10.2 Å². The molecule has 0 amide bonds. The molecule has 0 saturated heterocycles. The molecule has 1 unspecified atom stereocenters. The lowest BCUT2D eigenvalue weighted by Crippen LogP contribution is -2.43. The first kappa shape index (κ1) is 10.2. The number of carbonyl (C=O) groups is 1. The molecule has 0 bridgehead atoms. The molecule has 3 heteroatoms. The van der Waals surface area contributed by atoms with Crippen molar-refractivity contribution in [2.75, 3.05) is 0 Å². The second-order valence-corrected chi connectivity index (χ2v) is 4.29. The third kappa shape index (κ3) is 1.75. The van der Waals surface area contributed by atoms with Crippen LogP contribution in [0.3, 0.4) is 0 Å². The van der Waals surface area contributed by atoms with Crippen molar-refractivity contribution in [1.29, 1.82) is 0 Å². The van der Waals surface area contributed by atoms with Gasteiger partial charge in [0.05, 0.1) is 0 Å². The molecule has 80 valence electrons. The Hall–Kier alpha value is -1.35. The summed E-state index contributed by atoms with van der Waals surface area (Å²) >= 11 is 0. The van der Waals surface area contributed by atoms with E-state index in [2.05, 4.69) is 0 Å². The summed E-state index contributed by atoms with van der Waals surface area (Å²) in [5.74, 6) is -1.12. The van der Waals surface area contributed by atoms with Crippen molar-refractivity contribution in [2.45, 2.75) is 31.8 Å². The van der Waals surface area contributed by atoms with E-state index >= 15 is 0 Å². The molecular formula is C12H14O3. The van der Waals surface area contributed by atoms with Crippen molar-refractivity contribution >= 4 is 5.97 Å². The molecule has 0 aromatic heterocycles. The zero-order chi connectivity index (χ0) is 11.1. The van der Waals surface area contributed by atoms with Crippen LogP contribution in [0.25, 0.3) is 0 Å². The van der Waals surface area contributed by atoms with Crippen molar-refractivity contribution in [2.24, 2.45) is 0 Å². The number of carboxylic acids is 1. The minimum absolute atomic E-state index is 0.222. The summed E-state index contributed by atoms with van der Waals surface area (Å²) in [6.45, 7) is 1.97. The van der Waals surface area contributed by atoms with Crippen LogP contribution in [0, 0.1) is 6.92 Å². The molecule has 15 heavy (non-hydrogen) atoms.